The van der Waals surface area contributed by atoms with Crippen molar-refractivity contribution in [3.8, 4) is 0 Å². The Kier molecular flexibility index (Phi) is 3.55. The maximum atomic E-state index is 13.6. The van der Waals surface area contributed by atoms with Gasteiger partial charge in [-0.2, -0.15) is 0 Å². The topological polar surface area (TPSA) is 63.7 Å². The third kappa shape index (κ3) is 2.21. The van der Waals surface area contributed by atoms with Gasteiger partial charge in [0.15, 0.2) is 23.3 Å². The molecule has 122 valence electrons. The van der Waals surface area contributed by atoms with E-state index >= 15 is 0 Å². The van der Waals surface area contributed by atoms with Gasteiger partial charge in [-0.05, 0) is 18.2 Å². The maximum Gasteiger partial charge on any atom is 0.367 e. The Morgan fingerprint density at radius 3 is 1.96 bits per heavy atom. The number of carbonyl (C=O) groups is 3. The maximum absolute atomic E-state index is 13.6. The Hall–Kier alpha value is -3.23. The minimum Gasteiger partial charge on any atom is -0.324 e. The molecule has 0 fully saturated rings. The highest BCUT2D eigenvalue weighted by molar-refractivity contribution is 6.21. The molecule has 2 aromatic rings. The van der Waals surface area contributed by atoms with Gasteiger partial charge in [0.05, 0.1) is 11.1 Å². The summed E-state index contributed by atoms with van der Waals surface area (Å²) in [5, 5.41) is 0.0333. The van der Waals surface area contributed by atoms with Crippen molar-refractivity contribution >= 4 is 17.8 Å². The molecule has 24 heavy (non-hydrogen) atoms. The molecule has 0 N–H and O–H groups in total. The molecular formula is C15H5F4NO4. The van der Waals surface area contributed by atoms with E-state index in [2.05, 4.69) is 4.84 Å². The van der Waals surface area contributed by atoms with Crippen LogP contribution in [0.25, 0.3) is 0 Å². The van der Waals surface area contributed by atoms with Crippen molar-refractivity contribution in [1.82, 2.24) is 5.06 Å². The number of amides is 2. The quantitative estimate of drug-likeness (QED) is 0.365. The first-order valence-corrected chi connectivity index (χ1v) is 6.36. The van der Waals surface area contributed by atoms with Crippen LogP contribution in [0.3, 0.4) is 0 Å². The van der Waals surface area contributed by atoms with E-state index in [9.17, 15) is 31.9 Å². The Morgan fingerprint density at radius 1 is 0.875 bits per heavy atom. The van der Waals surface area contributed by atoms with Crippen molar-refractivity contribution in [1.29, 1.82) is 0 Å². The molecule has 0 saturated heterocycles. The highest BCUT2D eigenvalue weighted by atomic mass is 19.2. The van der Waals surface area contributed by atoms with Gasteiger partial charge >= 0.3 is 5.97 Å². The van der Waals surface area contributed by atoms with E-state index in [0.717, 1.165) is 0 Å². The van der Waals surface area contributed by atoms with Gasteiger partial charge in [0.1, 0.15) is 5.56 Å². The van der Waals surface area contributed by atoms with Gasteiger partial charge in [-0.25, -0.2) is 22.4 Å². The second-order valence-corrected chi connectivity index (χ2v) is 4.68. The van der Waals surface area contributed by atoms with Crippen LogP contribution < -0.4 is 0 Å². The molecule has 9 heteroatoms. The summed E-state index contributed by atoms with van der Waals surface area (Å²) < 4.78 is 52.7. The molecule has 0 aliphatic carbocycles. The lowest BCUT2D eigenvalue weighted by Crippen LogP contribution is -2.33. The van der Waals surface area contributed by atoms with E-state index < -0.39 is 46.6 Å². The Balaban J connectivity index is 1.93. The van der Waals surface area contributed by atoms with Crippen LogP contribution >= 0.6 is 0 Å². The molecule has 0 atom stereocenters. The number of nitrogens with zero attached hydrogens (tertiary/aromatic N) is 1. The molecule has 0 bridgehead atoms. The van der Waals surface area contributed by atoms with Crippen molar-refractivity contribution < 1.29 is 36.8 Å². The minimum absolute atomic E-state index is 0.0333. The Labute approximate surface area is 131 Å². The van der Waals surface area contributed by atoms with Crippen LogP contribution in [-0.4, -0.2) is 22.8 Å². The van der Waals surface area contributed by atoms with E-state index in [1.807, 2.05) is 0 Å². The smallest absolute Gasteiger partial charge is 0.324 e. The van der Waals surface area contributed by atoms with E-state index in [1.54, 1.807) is 0 Å². The van der Waals surface area contributed by atoms with Gasteiger partial charge in [-0.1, -0.05) is 17.2 Å². The van der Waals surface area contributed by atoms with E-state index in [0.29, 0.717) is 0 Å². The van der Waals surface area contributed by atoms with Crippen molar-refractivity contribution in [3.63, 3.8) is 0 Å². The first-order valence-electron chi connectivity index (χ1n) is 6.36. The highest BCUT2D eigenvalue weighted by Gasteiger charge is 2.39. The molecule has 3 rings (SSSR count). The SMILES string of the molecule is O=C(ON1C(=O)c2ccccc2C1=O)c1cc(F)c(F)c(F)c1F. The van der Waals surface area contributed by atoms with Crippen molar-refractivity contribution in [3.05, 3.63) is 70.3 Å². The van der Waals surface area contributed by atoms with Crippen LogP contribution in [0.15, 0.2) is 30.3 Å². The molecule has 2 aromatic carbocycles. The number of halogens is 4. The number of carbonyl (C=O) groups excluding carboxylic acids is 3. The van der Waals surface area contributed by atoms with E-state index in [-0.39, 0.29) is 22.3 Å². The fourth-order valence-corrected chi connectivity index (χ4v) is 2.10. The van der Waals surface area contributed by atoms with Gasteiger partial charge in [0, 0.05) is 0 Å². The number of hydrogen-bond donors (Lipinski definition) is 0. The lowest BCUT2D eigenvalue weighted by atomic mass is 10.1. The van der Waals surface area contributed by atoms with Crippen molar-refractivity contribution in [2.75, 3.05) is 0 Å². The lowest BCUT2D eigenvalue weighted by molar-refractivity contribution is -0.0588. The third-order valence-electron chi connectivity index (χ3n) is 3.25. The number of hydrogen-bond acceptors (Lipinski definition) is 4. The largest absolute Gasteiger partial charge is 0.367 e. The van der Waals surface area contributed by atoms with Gasteiger partial charge in [-0.3, -0.25) is 9.59 Å². The van der Waals surface area contributed by atoms with Crippen molar-refractivity contribution in [2.45, 2.75) is 0 Å². The third-order valence-corrected chi connectivity index (χ3v) is 3.25. The van der Waals surface area contributed by atoms with Gasteiger partial charge < -0.3 is 4.84 Å². The molecule has 1 aliphatic rings. The molecule has 0 unspecified atom stereocenters. The molecule has 1 heterocycles. The van der Waals surface area contributed by atoms with Crippen LogP contribution in [0.4, 0.5) is 17.6 Å². The summed E-state index contributed by atoms with van der Waals surface area (Å²) in [4.78, 5) is 40.2. The zero-order valence-electron chi connectivity index (χ0n) is 11.5. The zero-order valence-corrected chi connectivity index (χ0v) is 11.5. The molecule has 0 spiro atoms. The number of rotatable bonds is 2. The predicted octanol–water partition coefficient (Wildman–Crippen LogP) is 2.61. The van der Waals surface area contributed by atoms with Gasteiger partial charge in [0.25, 0.3) is 11.8 Å². The minimum atomic E-state index is -2.22. The molecule has 0 radical (unpaired) electrons. The van der Waals surface area contributed by atoms with E-state index in [4.69, 9.17) is 0 Å². The van der Waals surface area contributed by atoms with E-state index in [1.165, 1.54) is 24.3 Å². The fourth-order valence-electron chi connectivity index (χ4n) is 2.10. The Bertz CT molecular complexity index is 878. The first kappa shape index (κ1) is 15.7. The Morgan fingerprint density at radius 2 is 1.42 bits per heavy atom. The molecule has 5 nitrogen and oxygen atoms in total. The van der Waals surface area contributed by atoms with Gasteiger partial charge in [-0.15, -0.1) is 0 Å². The summed E-state index contributed by atoms with van der Waals surface area (Å²) in [6.07, 6.45) is 0. The fraction of sp³-hybridized carbons (Fsp3) is 0. The summed E-state index contributed by atoms with van der Waals surface area (Å²) >= 11 is 0. The summed E-state index contributed by atoms with van der Waals surface area (Å²) in [5.41, 5.74) is -1.43. The average molecular weight is 339 g/mol. The van der Waals surface area contributed by atoms with Crippen LogP contribution in [-0.2, 0) is 4.84 Å². The first-order chi connectivity index (χ1) is 11.3. The molecule has 1 aliphatic heterocycles. The zero-order chi connectivity index (χ0) is 17.6. The second-order valence-electron chi connectivity index (χ2n) is 4.68. The summed E-state index contributed by atoms with van der Waals surface area (Å²) in [6, 6.07) is 5.57. The van der Waals surface area contributed by atoms with Crippen LogP contribution in [0.1, 0.15) is 31.1 Å². The van der Waals surface area contributed by atoms with Crippen LogP contribution in [0.2, 0.25) is 0 Å². The number of benzene rings is 2. The standard InChI is InChI=1S/C15H5F4NO4/c16-9-5-8(10(17)12(19)11(9)18)15(23)24-20-13(21)6-3-1-2-4-7(6)14(20)22/h1-5H. The highest BCUT2D eigenvalue weighted by Crippen LogP contribution is 2.25. The normalized spacial score (nSPS) is 13.2. The number of hydroxylamine groups is 2. The number of fused-ring (bicyclic) bond motifs is 1. The molecule has 0 saturated carbocycles. The van der Waals surface area contributed by atoms with Gasteiger partial charge in [0.2, 0.25) is 0 Å². The summed E-state index contributed by atoms with van der Waals surface area (Å²) in [5.74, 6) is -11.9. The second kappa shape index (κ2) is 5.44. The lowest BCUT2D eigenvalue weighted by Gasteiger charge is -2.13. The summed E-state index contributed by atoms with van der Waals surface area (Å²) in [6.45, 7) is 0. The monoisotopic (exact) mass is 339 g/mol. The average Bonchev–Trinajstić information content (AvgIpc) is 2.81. The molecule has 0 aromatic heterocycles. The molecular weight excluding hydrogens is 334 g/mol. The predicted molar refractivity (Wildman–Crippen MR) is 68.6 cm³/mol. The van der Waals surface area contributed by atoms with Crippen LogP contribution in [0.5, 0.6) is 0 Å². The number of imide groups is 1. The van der Waals surface area contributed by atoms with Crippen molar-refractivity contribution in [2.24, 2.45) is 0 Å². The summed E-state index contributed by atoms with van der Waals surface area (Å²) in [7, 11) is 0. The molecule has 2 amide bonds. The van der Waals surface area contributed by atoms with Crippen LogP contribution in [0, 0.1) is 23.3 Å².